The zero-order valence-electron chi connectivity index (χ0n) is 15.8. The van der Waals surface area contributed by atoms with Crippen LogP contribution in [0.1, 0.15) is 39.3 Å². The number of rotatable bonds is 8. The van der Waals surface area contributed by atoms with Gasteiger partial charge in [-0.1, -0.05) is 0 Å². The summed E-state index contributed by atoms with van der Waals surface area (Å²) in [5.74, 6) is -1.39. The fourth-order valence-corrected chi connectivity index (χ4v) is 3.88. The van der Waals surface area contributed by atoms with Crippen LogP contribution in [-0.4, -0.2) is 46.7 Å². The minimum absolute atomic E-state index is 0.0369. The highest BCUT2D eigenvalue weighted by Crippen LogP contribution is 2.16. The predicted molar refractivity (Wildman–Crippen MR) is 99.8 cm³/mol. The molecule has 1 aromatic heterocycles. The van der Waals surface area contributed by atoms with E-state index in [4.69, 9.17) is 13.9 Å². The van der Waals surface area contributed by atoms with Crippen molar-refractivity contribution in [2.75, 3.05) is 20.3 Å². The van der Waals surface area contributed by atoms with Crippen LogP contribution in [0.3, 0.4) is 0 Å². The van der Waals surface area contributed by atoms with Gasteiger partial charge in [-0.15, -0.1) is 0 Å². The van der Waals surface area contributed by atoms with Crippen LogP contribution in [0, 0.1) is 0 Å². The van der Waals surface area contributed by atoms with Gasteiger partial charge in [0.15, 0.2) is 0 Å². The first-order valence-electron chi connectivity index (χ1n) is 8.94. The van der Waals surface area contributed by atoms with Crippen LogP contribution >= 0.6 is 0 Å². The summed E-state index contributed by atoms with van der Waals surface area (Å²) in [6, 6.07) is 6.87. The number of benzene rings is 1. The zero-order chi connectivity index (χ0) is 20.9. The Morgan fingerprint density at radius 1 is 1.17 bits per heavy atom. The van der Waals surface area contributed by atoms with Crippen LogP contribution in [0.15, 0.2) is 45.9 Å². The van der Waals surface area contributed by atoms with E-state index in [0.717, 1.165) is 12.8 Å². The van der Waals surface area contributed by atoms with E-state index in [1.165, 1.54) is 43.7 Å². The lowest BCUT2D eigenvalue weighted by Crippen LogP contribution is -2.31. The molecule has 0 amide bonds. The van der Waals surface area contributed by atoms with Gasteiger partial charge in [0, 0.05) is 18.7 Å². The van der Waals surface area contributed by atoms with E-state index in [1.54, 1.807) is 0 Å². The van der Waals surface area contributed by atoms with Gasteiger partial charge in [0.05, 0.1) is 29.9 Å². The minimum Gasteiger partial charge on any atom is -0.463 e. The van der Waals surface area contributed by atoms with E-state index in [0.29, 0.717) is 12.2 Å². The molecule has 0 bridgehead atoms. The molecule has 9 nitrogen and oxygen atoms in total. The molecule has 0 saturated carbocycles. The molecule has 2 aromatic rings. The highest BCUT2D eigenvalue weighted by atomic mass is 32.2. The molecule has 156 valence electrons. The van der Waals surface area contributed by atoms with Crippen molar-refractivity contribution in [2.45, 2.75) is 30.4 Å². The third kappa shape index (κ3) is 5.22. The summed E-state index contributed by atoms with van der Waals surface area (Å²) in [5.41, 5.74) is 0.536. The molecule has 1 aromatic carbocycles. The molecule has 1 atom stereocenters. The number of carbonyl (C=O) groups is 2. The summed E-state index contributed by atoms with van der Waals surface area (Å²) in [6.07, 6.45) is 2.92. The Hall–Kier alpha value is -2.69. The molecule has 1 aliphatic rings. The van der Waals surface area contributed by atoms with Crippen molar-refractivity contribution in [2.24, 2.45) is 0 Å². The Morgan fingerprint density at radius 2 is 1.93 bits per heavy atom. The SMILES string of the molecule is COC(=O)c1occc1COC(=O)c1ccc(S(=O)(=O)NCC2CCCO2)cc1. The molecule has 10 heteroatoms. The Labute approximate surface area is 168 Å². The second-order valence-corrected chi connectivity index (χ2v) is 8.12. The van der Waals surface area contributed by atoms with E-state index in [-0.39, 0.29) is 35.5 Å². The fraction of sp³-hybridized carbons (Fsp3) is 0.368. The Kier molecular flexibility index (Phi) is 6.68. The molecule has 1 unspecified atom stereocenters. The number of hydrogen-bond donors (Lipinski definition) is 1. The highest BCUT2D eigenvalue weighted by Gasteiger charge is 2.21. The van der Waals surface area contributed by atoms with E-state index in [2.05, 4.69) is 9.46 Å². The summed E-state index contributed by atoms with van der Waals surface area (Å²) in [6.45, 7) is 0.658. The second kappa shape index (κ2) is 9.21. The molecule has 0 radical (unpaired) electrons. The van der Waals surface area contributed by atoms with Gasteiger partial charge in [-0.3, -0.25) is 0 Å². The number of sulfonamides is 1. The third-order valence-corrected chi connectivity index (χ3v) is 5.84. The molecule has 1 aliphatic heterocycles. The van der Waals surface area contributed by atoms with Crippen molar-refractivity contribution in [1.82, 2.24) is 4.72 Å². The summed E-state index contributed by atoms with van der Waals surface area (Å²) in [4.78, 5) is 23.8. The minimum atomic E-state index is -3.70. The van der Waals surface area contributed by atoms with Gasteiger partial charge in [0.25, 0.3) is 0 Å². The van der Waals surface area contributed by atoms with Crippen LogP contribution in [0.5, 0.6) is 0 Å². The number of carbonyl (C=O) groups excluding carboxylic acids is 2. The standard InChI is InChI=1S/C19H21NO8S/c1-25-19(22)17-14(8-10-27-17)12-28-18(21)13-4-6-16(7-5-13)29(23,24)20-11-15-3-2-9-26-15/h4-8,10,15,20H,2-3,9,11-12H2,1H3. The molecule has 0 aliphatic carbocycles. The number of esters is 2. The van der Waals surface area contributed by atoms with Gasteiger partial charge < -0.3 is 18.6 Å². The Morgan fingerprint density at radius 3 is 2.59 bits per heavy atom. The first-order valence-corrected chi connectivity index (χ1v) is 10.4. The topological polar surface area (TPSA) is 121 Å². The van der Waals surface area contributed by atoms with Gasteiger partial charge in [-0.05, 0) is 43.2 Å². The monoisotopic (exact) mass is 423 g/mol. The van der Waals surface area contributed by atoms with Crippen molar-refractivity contribution in [3.63, 3.8) is 0 Å². The number of ether oxygens (including phenoxy) is 3. The van der Waals surface area contributed by atoms with Crippen LogP contribution < -0.4 is 4.72 Å². The van der Waals surface area contributed by atoms with E-state index in [1.807, 2.05) is 0 Å². The molecule has 1 saturated heterocycles. The molecule has 1 N–H and O–H groups in total. The number of furan rings is 1. The van der Waals surface area contributed by atoms with Crippen LogP contribution in [0.4, 0.5) is 0 Å². The summed E-state index contributed by atoms with van der Waals surface area (Å²) < 4.78 is 47.4. The van der Waals surface area contributed by atoms with Gasteiger partial charge in [-0.25, -0.2) is 22.7 Å². The van der Waals surface area contributed by atoms with Crippen molar-refractivity contribution < 1.29 is 36.6 Å². The fourth-order valence-electron chi connectivity index (χ4n) is 2.81. The van der Waals surface area contributed by atoms with E-state index < -0.39 is 22.0 Å². The maximum absolute atomic E-state index is 12.3. The van der Waals surface area contributed by atoms with Crippen molar-refractivity contribution in [1.29, 1.82) is 0 Å². The highest BCUT2D eigenvalue weighted by molar-refractivity contribution is 7.89. The first kappa shape index (κ1) is 21.0. The Balaban J connectivity index is 1.58. The molecule has 3 rings (SSSR count). The first-order chi connectivity index (χ1) is 13.9. The lowest BCUT2D eigenvalue weighted by molar-refractivity contribution is 0.0453. The number of nitrogens with one attached hydrogen (secondary N) is 1. The predicted octanol–water partition coefficient (Wildman–Crippen LogP) is 1.88. The van der Waals surface area contributed by atoms with Crippen molar-refractivity contribution >= 4 is 22.0 Å². The normalized spacial score (nSPS) is 16.5. The summed E-state index contributed by atoms with van der Waals surface area (Å²) in [5, 5.41) is 0. The van der Waals surface area contributed by atoms with Crippen molar-refractivity contribution in [3.05, 3.63) is 53.5 Å². The van der Waals surface area contributed by atoms with Gasteiger partial charge in [-0.2, -0.15) is 0 Å². The van der Waals surface area contributed by atoms with Gasteiger partial charge in [0.1, 0.15) is 6.61 Å². The second-order valence-electron chi connectivity index (χ2n) is 6.35. The average molecular weight is 423 g/mol. The van der Waals surface area contributed by atoms with Crippen LogP contribution in [-0.2, 0) is 30.8 Å². The van der Waals surface area contributed by atoms with E-state index >= 15 is 0 Å². The largest absolute Gasteiger partial charge is 0.463 e. The smallest absolute Gasteiger partial charge is 0.374 e. The molecule has 2 heterocycles. The quantitative estimate of drug-likeness (QED) is 0.639. The van der Waals surface area contributed by atoms with Gasteiger partial charge in [0.2, 0.25) is 15.8 Å². The van der Waals surface area contributed by atoms with Crippen LogP contribution in [0.25, 0.3) is 0 Å². The lowest BCUT2D eigenvalue weighted by Gasteiger charge is -2.11. The zero-order valence-corrected chi connectivity index (χ0v) is 16.6. The molecule has 1 fully saturated rings. The number of methoxy groups -OCH3 is 1. The average Bonchev–Trinajstić information content (AvgIpc) is 3.42. The lowest BCUT2D eigenvalue weighted by atomic mass is 10.2. The number of hydrogen-bond acceptors (Lipinski definition) is 8. The molecular weight excluding hydrogens is 402 g/mol. The molecule has 0 spiro atoms. The summed E-state index contributed by atoms with van der Waals surface area (Å²) in [7, 11) is -2.49. The molecular formula is C19H21NO8S. The maximum Gasteiger partial charge on any atom is 0.374 e. The Bertz CT molecular complexity index is 958. The van der Waals surface area contributed by atoms with Crippen LogP contribution in [0.2, 0.25) is 0 Å². The maximum atomic E-state index is 12.3. The van der Waals surface area contributed by atoms with Gasteiger partial charge >= 0.3 is 11.9 Å². The third-order valence-electron chi connectivity index (χ3n) is 4.40. The summed E-state index contributed by atoms with van der Waals surface area (Å²) >= 11 is 0. The van der Waals surface area contributed by atoms with Crippen molar-refractivity contribution in [3.8, 4) is 0 Å². The van der Waals surface area contributed by atoms with E-state index in [9.17, 15) is 18.0 Å². The molecule has 29 heavy (non-hydrogen) atoms.